The van der Waals surface area contributed by atoms with Crippen LogP contribution in [-0.2, 0) is 4.79 Å². The summed E-state index contributed by atoms with van der Waals surface area (Å²) in [4.78, 5) is 14.3. The Kier molecular flexibility index (Phi) is 4.85. The van der Waals surface area contributed by atoms with Crippen LogP contribution in [0.1, 0.15) is 44.9 Å². The maximum absolute atomic E-state index is 13.4. The predicted molar refractivity (Wildman–Crippen MR) is 87.8 cm³/mol. The van der Waals surface area contributed by atoms with Crippen molar-refractivity contribution in [1.82, 2.24) is 5.32 Å². The van der Waals surface area contributed by atoms with Crippen LogP contribution in [0.4, 0.5) is 10.1 Å². The highest BCUT2D eigenvalue weighted by Crippen LogP contribution is 2.32. The van der Waals surface area contributed by atoms with Gasteiger partial charge >= 0.3 is 0 Å². The van der Waals surface area contributed by atoms with E-state index in [9.17, 15) is 14.3 Å². The normalized spacial score (nSPS) is 23.7. The monoisotopic (exact) mass is 320 g/mol. The Labute approximate surface area is 136 Å². The minimum absolute atomic E-state index is 0.0597. The number of nitrogens with zero attached hydrogens (tertiary/aromatic N) is 1. The van der Waals surface area contributed by atoms with Gasteiger partial charge in [-0.1, -0.05) is 18.9 Å². The Morgan fingerprint density at radius 3 is 2.87 bits per heavy atom. The van der Waals surface area contributed by atoms with E-state index in [2.05, 4.69) is 10.2 Å². The minimum atomic E-state index is -0.805. The smallest absolute Gasteiger partial charge is 0.223 e. The fraction of sp³-hybridized carbons (Fsp3) is 0.611. The van der Waals surface area contributed by atoms with Crippen LogP contribution < -0.4 is 10.2 Å². The fourth-order valence-electron chi connectivity index (χ4n) is 3.79. The van der Waals surface area contributed by atoms with E-state index in [4.69, 9.17) is 0 Å². The van der Waals surface area contributed by atoms with Crippen LogP contribution in [0.5, 0.6) is 0 Å². The lowest BCUT2D eigenvalue weighted by atomic mass is 9.97. The van der Waals surface area contributed by atoms with Crippen LogP contribution in [0, 0.1) is 5.82 Å². The van der Waals surface area contributed by atoms with E-state index < -0.39 is 5.60 Å². The van der Waals surface area contributed by atoms with Crippen molar-refractivity contribution in [3.8, 4) is 0 Å². The second kappa shape index (κ2) is 6.87. The van der Waals surface area contributed by atoms with Crippen molar-refractivity contribution in [1.29, 1.82) is 0 Å². The lowest BCUT2D eigenvalue weighted by molar-refractivity contribution is -0.126. The van der Waals surface area contributed by atoms with Gasteiger partial charge in [-0.25, -0.2) is 4.39 Å². The first-order chi connectivity index (χ1) is 11.0. The quantitative estimate of drug-likeness (QED) is 0.896. The Bertz CT molecular complexity index is 558. The molecule has 1 unspecified atom stereocenters. The zero-order valence-corrected chi connectivity index (χ0v) is 13.4. The van der Waals surface area contributed by atoms with E-state index in [-0.39, 0.29) is 24.2 Å². The molecule has 1 atom stereocenters. The summed E-state index contributed by atoms with van der Waals surface area (Å²) in [5.41, 5.74) is 0.0550. The van der Waals surface area contributed by atoms with Gasteiger partial charge in [0.1, 0.15) is 5.82 Å². The number of piperidine rings is 1. The molecule has 3 rings (SSSR count). The molecule has 4 nitrogen and oxygen atoms in total. The van der Waals surface area contributed by atoms with Gasteiger partial charge in [0.15, 0.2) is 0 Å². The van der Waals surface area contributed by atoms with Gasteiger partial charge in [-0.2, -0.15) is 0 Å². The number of halogens is 1. The van der Waals surface area contributed by atoms with Gasteiger partial charge in [-0.05, 0) is 43.9 Å². The van der Waals surface area contributed by atoms with E-state index in [0.29, 0.717) is 6.54 Å². The molecular formula is C18H25FN2O2. The largest absolute Gasteiger partial charge is 0.389 e. The summed E-state index contributed by atoms with van der Waals surface area (Å²) in [7, 11) is 0. The molecule has 5 heteroatoms. The number of hydrogen-bond donors (Lipinski definition) is 2. The van der Waals surface area contributed by atoms with Gasteiger partial charge in [0.25, 0.3) is 0 Å². The van der Waals surface area contributed by atoms with E-state index in [0.717, 1.165) is 50.8 Å². The summed E-state index contributed by atoms with van der Waals surface area (Å²) in [6.07, 6.45) is 5.54. The Balaban J connectivity index is 1.55. The standard InChI is InChI=1S/C18H25FN2O2/c19-14-5-3-7-16(11-14)21-10-4-6-15(13-21)20-17(22)12-18(23)8-1-2-9-18/h3,5,7,11,15,23H,1-2,4,6,8-10,12-13H2,(H,20,22). The van der Waals surface area contributed by atoms with E-state index in [1.165, 1.54) is 12.1 Å². The van der Waals surface area contributed by atoms with Crippen LogP contribution in [-0.4, -0.2) is 35.7 Å². The highest BCUT2D eigenvalue weighted by Gasteiger charge is 2.34. The number of hydrogen-bond acceptors (Lipinski definition) is 3. The van der Waals surface area contributed by atoms with Gasteiger partial charge in [0.05, 0.1) is 12.0 Å². The van der Waals surface area contributed by atoms with Crippen LogP contribution in [0.2, 0.25) is 0 Å². The first kappa shape index (κ1) is 16.2. The predicted octanol–water partition coefficient (Wildman–Crippen LogP) is 2.61. The summed E-state index contributed by atoms with van der Waals surface area (Å²) >= 11 is 0. The molecule has 1 amide bonds. The highest BCUT2D eigenvalue weighted by atomic mass is 19.1. The summed E-state index contributed by atoms with van der Waals surface area (Å²) < 4.78 is 13.4. The third kappa shape index (κ3) is 4.22. The zero-order valence-electron chi connectivity index (χ0n) is 13.4. The maximum Gasteiger partial charge on any atom is 0.223 e. The van der Waals surface area contributed by atoms with Crippen molar-refractivity contribution in [2.75, 3.05) is 18.0 Å². The molecular weight excluding hydrogens is 295 g/mol. The molecule has 0 bridgehead atoms. The first-order valence-electron chi connectivity index (χ1n) is 8.56. The number of amides is 1. The highest BCUT2D eigenvalue weighted by molar-refractivity contribution is 5.77. The molecule has 126 valence electrons. The Hall–Kier alpha value is -1.62. The summed E-state index contributed by atoms with van der Waals surface area (Å²) in [6.45, 7) is 1.56. The van der Waals surface area contributed by atoms with Gasteiger partial charge in [-0.15, -0.1) is 0 Å². The van der Waals surface area contributed by atoms with E-state index >= 15 is 0 Å². The summed E-state index contributed by atoms with van der Waals surface area (Å²) in [6, 6.07) is 6.64. The van der Waals surface area contributed by atoms with Crippen LogP contribution in [0.15, 0.2) is 24.3 Å². The molecule has 1 aliphatic carbocycles. The second-order valence-electron chi connectivity index (χ2n) is 6.94. The number of carbonyl (C=O) groups excluding carboxylic acids is 1. The number of nitrogens with one attached hydrogen (secondary N) is 1. The molecule has 1 saturated carbocycles. The van der Waals surface area contributed by atoms with Crippen molar-refractivity contribution in [2.45, 2.75) is 56.6 Å². The lowest BCUT2D eigenvalue weighted by Gasteiger charge is -2.35. The van der Waals surface area contributed by atoms with Crippen molar-refractivity contribution in [3.05, 3.63) is 30.1 Å². The average molecular weight is 320 g/mol. The summed E-state index contributed by atoms with van der Waals surface area (Å²) in [5.74, 6) is -0.308. The number of anilines is 1. The molecule has 2 aliphatic rings. The van der Waals surface area contributed by atoms with Crippen LogP contribution in [0.25, 0.3) is 0 Å². The second-order valence-corrected chi connectivity index (χ2v) is 6.94. The van der Waals surface area contributed by atoms with Crippen molar-refractivity contribution < 1.29 is 14.3 Å². The van der Waals surface area contributed by atoms with Gasteiger partial charge in [0, 0.05) is 24.8 Å². The molecule has 0 radical (unpaired) electrons. The molecule has 0 aromatic heterocycles. The molecule has 1 aromatic carbocycles. The van der Waals surface area contributed by atoms with Gasteiger partial charge in [0.2, 0.25) is 5.91 Å². The molecule has 2 N–H and O–H groups in total. The zero-order chi connectivity index (χ0) is 16.3. The molecule has 1 heterocycles. The molecule has 1 saturated heterocycles. The SMILES string of the molecule is O=C(CC1(O)CCCC1)NC1CCCN(c2cccc(F)c2)C1. The Morgan fingerprint density at radius 2 is 2.13 bits per heavy atom. The maximum atomic E-state index is 13.4. The van der Waals surface area contributed by atoms with E-state index in [1.807, 2.05) is 6.07 Å². The lowest BCUT2D eigenvalue weighted by Crippen LogP contribution is -2.49. The van der Waals surface area contributed by atoms with Crippen molar-refractivity contribution in [3.63, 3.8) is 0 Å². The van der Waals surface area contributed by atoms with Gasteiger partial charge in [-0.3, -0.25) is 4.79 Å². The molecule has 2 fully saturated rings. The number of benzene rings is 1. The third-order valence-corrected chi connectivity index (χ3v) is 4.98. The topological polar surface area (TPSA) is 52.6 Å². The van der Waals surface area contributed by atoms with Crippen molar-refractivity contribution in [2.24, 2.45) is 0 Å². The fourth-order valence-corrected chi connectivity index (χ4v) is 3.79. The Morgan fingerprint density at radius 1 is 1.35 bits per heavy atom. The number of rotatable bonds is 4. The van der Waals surface area contributed by atoms with E-state index in [1.54, 1.807) is 6.07 Å². The number of carbonyl (C=O) groups is 1. The molecule has 1 aromatic rings. The summed E-state index contributed by atoms with van der Waals surface area (Å²) in [5, 5.41) is 13.4. The average Bonchev–Trinajstić information content (AvgIpc) is 2.93. The van der Waals surface area contributed by atoms with Gasteiger partial charge < -0.3 is 15.3 Å². The molecule has 23 heavy (non-hydrogen) atoms. The first-order valence-corrected chi connectivity index (χ1v) is 8.56. The van der Waals surface area contributed by atoms with Crippen molar-refractivity contribution >= 4 is 11.6 Å². The van der Waals surface area contributed by atoms with Crippen LogP contribution >= 0.6 is 0 Å². The molecule has 1 aliphatic heterocycles. The molecule has 0 spiro atoms. The third-order valence-electron chi connectivity index (χ3n) is 4.98. The minimum Gasteiger partial charge on any atom is -0.389 e. The van der Waals surface area contributed by atoms with Crippen LogP contribution in [0.3, 0.4) is 0 Å². The number of aliphatic hydroxyl groups is 1.